The van der Waals surface area contributed by atoms with Gasteiger partial charge < -0.3 is 4.42 Å². The molecule has 0 saturated heterocycles. The number of rotatable bonds is 3. The predicted molar refractivity (Wildman–Crippen MR) is 76.7 cm³/mol. The van der Waals surface area contributed by atoms with Crippen molar-refractivity contribution in [3.05, 3.63) is 54.0 Å². The normalized spacial score (nSPS) is 10.4. The summed E-state index contributed by atoms with van der Waals surface area (Å²) in [5, 5.41) is 12.0. The van der Waals surface area contributed by atoms with Crippen molar-refractivity contribution in [3.8, 4) is 10.6 Å². The molecular formula is C14H11N3O2S. The Hall–Kier alpha value is -2.47. The van der Waals surface area contributed by atoms with Crippen LogP contribution >= 0.6 is 11.3 Å². The SMILES string of the molecule is Cc1ccccc1-c1nnc(NC(=O)c2ccco2)s1. The highest BCUT2D eigenvalue weighted by molar-refractivity contribution is 7.18. The molecule has 0 atom stereocenters. The monoisotopic (exact) mass is 285 g/mol. The second-order valence-corrected chi connectivity index (χ2v) is 5.14. The van der Waals surface area contributed by atoms with Gasteiger partial charge in [-0.15, -0.1) is 10.2 Å². The molecule has 2 aromatic heterocycles. The topological polar surface area (TPSA) is 68.0 Å². The summed E-state index contributed by atoms with van der Waals surface area (Å²) in [7, 11) is 0. The summed E-state index contributed by atoms with van der Waals surface area (Å²) in [6.07, 6.45) is 1.45. The largest absolute Gasteiger partial charge is 0.459 e. The molecule has 0 spiro atoms. The number of furan rings is 1. The first-order valence-electron chi connectivity index (χ1n) is 5.98. The lowest BCUT2D eigenvalue weighted by atomic mass is 10.1. The van der Waals surface area contributed by atoms with E-state index >= 15 is 0 Å². The van der Waals surface area contributed by atoms with Gasteiger partial charge in [-0.2, -0.15) is 0 Å². The zero-order valence-corrected chi connectivity index (χ0v) is 11.5. The smallest absolute Gasteiger partial charge is 0.293 e. The molecule has 0 bridgehead atoms. The van der Waals surface area contributed by atoms with Crippen molar-refractivity contribution in [3.63, 3.8) is 0 Å². The van der Waals surface area contributed by atoms with E-state index in [2.05, 4.69) is 15.5 Å². The van der Waals surface area contributed by atoms with Crippen molar-refractivity contribution < 1.29 is 9.21 Å². The lowest BCUT2D eigenvalue weighted by molar-refractivity contribution is 0.0996. The Morgan fingerprint density at radius 3 is 2.80 bits per heavy atom. The molecule has 20 heavy (non-hydrogen) atoms. The van der Waals surface area contributed by atoms with Gasteiger partial charge in [0.1, 0.15) is 5.01 Å². The molecule has 0 saturated carbocycles. The molecule has 3 rings (SSSR count). The van der Waals surface area contributed by atoms with Gasteiger partial charge >= 0.3 is 0 Å². The predicted octanol–water partition coefficient (Wildman–Crippen LogP) is 3.36. The van der Waals surface area contributed by atoms with Gasteiger partial charge in [-0.05, 0) is 24.6 Å². The lowest BCUT2D eigenvalue weighted by Crippen LogP contribution is -2.10. The molecular weight excluding hydrogens is 274 g/mol. The van der Waals surface area contributed by atoms with E-state index in [0.29, 0.717) is 5.13 Å². The number of amides is 1. The molecule has 0 unspecified atom stereocenters. The van der Waals surface area contributed by atoms with Crippen LogP contribution < -0.4 is 5.32 Å². The lowest BCUT2D eigenvalue weighted by Gasteiger charge is -1.99. The first-order chi connectivity index (χ1) is 9.74. The third-order valence-corrected chi connectivity index (χ3v) is 3.64. The van der Waals surface area contributed by atoms with E-state index in [-0.39, 0.29) is 11.7 Å². The van der Waals surface area contributed by atoms with Gasteiger partial charge in [0, 0.05) is 5.56 Å². The van der Waals surface area contributed by atoms with Crippen molar-refractivity contribution in [2.75, 3.05) is 5.32 Å². The fraction of sp³-hybridized carbons (Fsp3) is 0.0714. The molecule has 0 aliphatic carbocycles. The molecule has 1 amide bonds. The zero-order chi connectivity index (χ0) is 13.9. The van der Waals surface area contributed by atoms with Gasteiger partial charge in [-0.1, -0.05) is 35.6 Å². The maximum atomic E-state index is 11.8. The number of anilines is 1. The Bertz CT molecular complexity index is 734. The van der Waals surface area contributed by atoms with E-state index in [9.17, 15) is 4.79 Å². The van der Waals surface area contributed by atoms with E-state index < -0.39 is 0 Å². The minimum atomic E-state index is -0.331. The summed E-state index contributed by atoms with van der Waals surface area (Å²) in [5.41, 5.74) is 2.14. The Morgan fingerprint density at radius 2 is 2.05 bits per heavy atom. The van der Waals surface area contributed by atoms with E-state index in [4.69, 9.17) is 4.42 Å². The molecule has 3 aromatic rings. The number of hydrogen-bond donors (Lipinski definition) is 1. The molecule has 0 radical (unpaired) electrons. The molecule has 6 heteroatoms. The number of benzene rings is 1. The first kappa shape index (κ1) is 12.6. The van der Waals surface area contributed by atoms with Crippen molar-refractivity contribution in [2.45, 2.75) is 6.92 Å². The average Bonchev–Trinajstić information content (AvgIpc) is 3.10. The molecule has 100 valence electrons. The number of aryl methyl sites for hydroxylation is 1. The molecule has 0 aliphatic heterocycles. The van der Waals surface area contributed by atoms with Crippen molar-refractivity contribution in [2.24, 2.45) is 0 Å². The quantitative estimate of drug-likeness (QED) is 0.801. The zero-order valence-electron chi connectivity index (χ0n) is 10.7. The Labute approximate surface area is 119 Å². The van der Waals surface area contributed by atoms with Gasteiger partial charge in [0.15, 0.2) is 5.76 Å². The van der Waals surface area contributed by atoms with Crippen LogP contribution in [0.5, 0.6) is 0 Å². The second kappa shape index (κ2) is 5.26. The maximum absolute atomic E-state index is 11.8. The van der Waals surface area contributed by atoms with Crippen molar-refractivity contribution in [1.82, 2.24) is 10.2 Å². The summed E-state index contributed by atoms with van der Waals surface area (Å²) in [4.78, 5) is 11.8. The number of hydrogen-bond acceptors (Lipinski definition) is 5. The van der Waals surface area contributed by atoms with Crippen LogP contribution in [0.25, 0.3) is 10.6 Å². The van der Waals surface area contributed by atoms with Crippen LogP contribution in [0.4, 0.5) is 5.13 Å². The minimum absolute atomic E-state index is 0.248. The molecule has 2 heterocycles. The Balaban J connectivity index is 1.81. The van der Waals surface area contributed by atoms with Gasteiger partial charge in [0.2, 0.25) is 5.13 Å². The van der Waals surface area contributed by atoms with Gasteiger partial charge in [-0.25, -0.2) is 0 Å². The fourth-order valence-electron chi connectivity index (χ4n) is 1.76. The van der Waals surface area contributed by atoms with Crippen molar-refractivity contribution >= 4 is 22.4 Å². The Kier molecular flexibility index (Phi) is 3.30. The van der Waals surface area contributed by atoms with Crippen LogP contribution in [0.1, 0.15) is 16.1 Å². The summed E-state index contributed by atoms with van der Waals surface area (Å²) in [5.74, 6) is -0.0832. The number of carbonyl (C=O) groups is 1. The number of nitrogens with one attached hydrogen (secondary N) is 1. The highest BCUT2D eigenvalue weighted by atomic mass is 32.1. The van der Waals surface area contributed by atoms with E-state index in [1.54, 1.807) is 12.1 Å². The Morgan fingerprint density at radius 1 is 1.20 bits per heavy atom. The number of carbonyl (C=O) groups excluding carboxylic acids is 1. The van der Waals surface area contributed by atoms with Crippen LogP contribution in [-0.2, 0) is 0 Å². The highest BCUT2D eigenvalue weighted by Crippen LogP contribution is 2.28. The number of nitrogens with zero attached hydrogens (tertiary/aromatic N) is 2. The van der Waals surface area contributed by atoms with Gasteiger partial charge in [0.05, 0.1) is 6.26 Å². The van der Waals surface area contributed by atoms with E-state index in [1.165, 1.54) is 17.6 Å². The van der Waals surface area contributed by atoms with Crippen LogP contribution in [-0.4, -0.2) is 16.1 Å². The third-order valence-electron chi connectivity index (χ3n) is 2.77. The van der Waals surface area contributed by atoms with Crippen LogP contribution in [0, 0.1) is 6.92 Å². The van der Waals surface area contributed by atoms with Crippen LogP contribution in [0.15, 0.2) is 47.1 Å². The standard InChI is InChI=1S/C14H11N3O2S/c1-9-5-2-3-6-10(9)13-16-17-14(20-13)15-12(18)11-7-4-8-19-11/h2-8H,1H3,(H,15,17,18). The first-order valence-corrected chi connectivity index (χ1v) is 6.80. The summed E-state index contributed by atoms with van der Waals surface area (Å²) < 4.78 is 5.02. The molecule has 1 aromatic carbocycles. The summed E-state index contributed by atoms with van der Waals surface area (Å²) >= 11 is 1.33. The van der Waals surface area contributed by atoms with Gasteiger partial charge in [-0.3, -0.25) is 10.1 Å². The van der Waals surface area contributed by atoms with E-state index in [0.717, 1.165) is 16.1 Å². The molecule has 1 N–H and O–H groups in total. The summed E-state index contributed by atoms with van der Waals surface area (Å²) in [6, 6.07) is 11.2. The number of aromatic nitrogens is 2. The van der Waals surface area contributed by atoms with Gasteiger partial charge in [0.25, 0.3) is 5.91 Å². The van der Waals surface area contributed by atoms with Crippen LogP contribution in [0.3, 0.4) is 0 Å². The molecule has 5 nitrogen and oxygen atoms in total. The minimum Gasteiger partial charge on any atom is -0.459 e. The highest BCUT2D eigenvalue weighted by Gasteiger charge is 2.13. The second-order valence-electron chi connectivity index (χ2n) is 4.16. The van der Waals surface area contributed by atoms with Crippen molar-refractivity contribution in [1.29, 1.82) is 0 Å². The fourth-order valence-corrected chi connectivity index (χ4v) is 2.59. The third kappa shape index (κ3) is 2.46. The van der Waals surface area contributed by atoms with E-state index in [1.807, 2.05) is 31.2 Å². The molecule has 0 fully saturated rings. The van der Waals surface area contributed by atoms with Crippen LogP contribution in [0.2, 0.25) is 0 Å². The maximum Gasteiger partial charge on any atom is 0.293 e. The summed E-state index contributed by atoms with van der Waals surface area (Å²) in [6.45, 7) is 2.01. The molecule has 0 aliphatic rings. The average molecular weight is 285 g/mol.